The highest BCUT2D eigenvalue weighted by atomic mass is 16.5. The summed E-state index contributed by atoms with van der Waals surface area (Å²) in [5.74, 6) is 0.609. The second kappa shape index (κ2) is 6.76. The van der Waals surface area contributed by atoms with Crippen molar-refractivity contribution < 1.29 is 14.3 Å². The van der Waals surface area contributed by atoms with E-state index < -0.39 is 23.6 Å². The van der Waals surface area contributed by atoms with Crippen molar-refractivity contribution in [3.8, 4) is 17.6 Å². The van der Waals surface area contributed by atoms with Crippen LogP contribution in [0.2, 0.25) is 0 Å². The lowest BCUT2D eigenvalue weighted by Gasteiger charge is -2.11. The lowest BCUT2D eigenvalue weighted by molar-refractivity contribution is 0.0968. The van der Waals surface area contributed by atoms with Crippen LogP contribution >= 0.6 is 0 Å². The van der Waals surface area contributed by atoms with Crippen LogP contribution in [-0.2, 0) is 6.54 Å². The molecule has 1 aromatic heterocycles. The molecule has 2 aromatic rings. The van der Waals surface area contributed by atoms with Crippen LogP contribution < -0.4 is 20.7 Å². The predicted octanol–water partition coefficient (Wildman–Crippen LogP) is 1.26. The van der Waals surface area contributed by atoms with Gasteiger partial charge in [-0.1, -0.05) is 0 Å². The Balaban J connectivity index is 1.68. The molecule has 1 fully saturated rings. The fraction of sp³-hybridized carbons (Fsp3) is 0.368. The number of Topliss-reactive ketones (excluding diaryl/α,β-unsaturated/α-hetero) is 1. The minimum absolute atomic E-state index is 0.00963. The molecule has 8 nitrogen and oxygen atoms in total. The SMILES string of the molecule is N#Cc1cn(C2CC2)c(=O)n(CC(=O)c2ccc3c(c2)OCCCO3)c1=O. The van der Waals surface area contributed by atoms with Crippen molar-refractivity contribution in [2.24, 2.45) is 0 Å². The van der Waals surface area contributed by atoms with Gasteiger partial charge in [0.1, 0.15) is 11.6 Å². The molecule has 0 saturated heterocycles. The summed E-state index contributed by atoms with van der Waals surface area (Å²) in [4.78, 5) is 37.7. The van der Waals surface area contributed by atoms with Crippen LogP contribution in [-0.4, -0.2) is 28.1 Å². The summed E-state index contributed by atoms with van der Waals surface area (Å²) in [6, 6.07) is 6.57. The van der Waals surface area contributed by atoms with Gasteiger partial charge in [0, 0.05) is 24.2 Å². The number of rotatable bonds is 4. The van der Waals surface area contributed by atoms with Crippen LogP contribution in [0.3, 0.4) is 0 Å². The van der Waals surface area contributed by atoms with Gasteiger partial charge in [-0.05, 0) is 31.0 Å². The third-order valence-electron chi connectivity index (χ3n) is 4.63. The first-order valence-electron chi connectivity index (χ1n) is 8.77. The average molecular weight is 367 g/mol. The largest absolute Gasteiger partial charge is 0.490 e. The van der Waals surface area contributed by atoms with E-state index in [9.17, 15) is 19.6 Å². The average Bonchev–Trinajstić information content (AvgIpc) is 3.51. The van der Waals surface area contributed by atoms with Gasteiger partial charge < -0.3 is 9.47 Å². The molecule has 138 valence electrons. The third-order valence-corrected chi connectivity index (χ3v) is 4.63. The molecule has 0 atom stereocenters. The van der Waals surface area contributed by atoms with Gasteiger partial charge in [0.2, 0.25) is 0 Å². The first-order chi connectivity index (χ1) is 13.1. The molecule has 0 unspecified atom stereocenters. The first kappa shape index (κ1) is 17.1. The Hall–Kier alpha value is -3.34. The van der Waals surface area contributed by atoms with E-state index in [2.05, 4.69) is 0 Å². The number of aromatic nitrogens is 2. The molecule has 0 amide bonds. The molecular formula is C19H17N3O5. The Labute approximate surface area is 154 Å². The summed E-state index contributed by atoms with van der Waals surface area (Å²) in [6.07, 6.45) is 3.67. The van der Waals surface area contributed by atoms with Gasteiger partial charge in [-0.2, -0.15) is 5.26 Å². The Bertz CT molecular complexity index is 1070. The molecule has 2 aliphatic rings. The Kier molecular flexibility index (Phi) is 4.28. The fourth-order valence-electron chi connectivity index (χ4n) is 3.02. The number of ketones is 1. The molecule has 1 aliphatic carbocycles. The summed E-state index contributed by atoms with van der Waals surface area (Å²) in [5, 5.41) is 9.18. The minimum atomic E-state index is -0.748. The number of carbonyl (C=O) groups excluding carboxylic acids is 1. The zero-order chi connectivity index (χ0) is 19.0. The quantitative estimate of drug-likeness (QED) is 0.754. The van der Waals surface area contributed by atoms with Gasteiger partial charge in [-0.15, -0.1) is 0 Å². The van der Waals surface area contributed by atoms with Crippen molar-refractivity contribution in [2.45, 2.75) is 31.8 Å². The predicted molar refractivity (Wildman–Crippen MR) is 94.3 cm³/mol. The van der Waals surface area contributed by atoms with Crippen LogP contribution in [0, 0.1) is 11.3 Å². The number of hydrogen-bond acceptors (Lipinski definition) is 6. The summed E-state index contributed by atoms with van der Waals surface area (Å²) in [5.41, 5.74) is -1.15. The lowest BCUT2D eigenvalue weighted by atomic mass is 10.1. The standard InChI is InChI=1S/C19H17N3O5/c20-9-13-10-21(14-3-4-14)19(25)22(18(13)24)11-15(23)12-2-5-16-17(8-12)27-7-1-6-26-16/h2,5,8,10,14H,1,3-4,6-7,11H2. The van der Waals surface area contributed by atoms with Gasteiger partial charge in [0.15, 0.2) is 17.3 Å². The fourth-order valence-corrected chi connectivity index (χ4v) is 3.02. The molecule has 27 heavy (non-hydrogen) atoms. The molecule has 0 N–H and O–H groups in total. The van der Waals surface area contributed by atoms with Crippen molar-refractivity contribution in [1.29, 1.82) is 5.26 Å². The van der Waals surface area contributed by atoms with E-state index in [-0.39, 0.29) is 11.6 Å². The summed E-state index contributed by atoms with van der Waals surface area (Å²) < 4.78 is 13.3. The second-order valence-electron chi connectivity index (χ2n) is 6.60. The van der Waals surface area contributed by atoms with E-state index in [0.717, 1.165) is 23.8 Å². The van der Waals surface area contributed by atoms with E-state index in [0.29, 0.717) is 30.3 Å². The molecule has 8 heteroatoms. The van der Waals surface area contributed by atoms with E-state index in [4.69, 9.17) is 9.47 Å². The molecule has 1 aromatic carbocycles. The molecule has 4 rings (SSSR count). The lowest BCUT2D eigenvalue weighted by Crippen LogP contribution is -2.42. The summed E-state index contributed by atoms with van der Waals surface area (Å²) in [6.45, 7) is 0.595. The Morgan fingerprint density at radius 2 is 1.93 bits per heavy atom. The van der Waals surface area contributed by atoms with Crippen LogP contribution in [0.25, 0.3) is 0 Å². The van der Waals surface area contributed by atoms with Crippen LogP contribution in [0.1, 0.15) is 41.2 Å². The number of benzene rings is 1. The monoisotopic (exact) mass is 367 g/mol. The van der Waals surface area contributed by atoms with Crippen molar-refractivity contribution in [2.75, 3.05) is 13.2 Å². The van der Waals surface area contributed by atoms with Gasteiger partial charge in [0.05, 0.1) is 19.8 Å². The highest BCUT2D eigenvalue weighted by molar-refractivity contribution is 5.96. The topological polar surface area (TPSA) is 103 Å². The maximum absolute atomic E-state index is 12.7. The zero-order valence-electron chi connectivity index (χ0n) is 14.5. The van der Waals surface area contributed by atoms with Crippen molar-refractivity contribution in [3.05, 3.63) is 56.4 Å². The Morgan fingerprint density at radius 1 is 1.19 bits per heavy atom. The molecule has 1 saturated carbocycles. The van der Waals surface area contributed by atoms with Gasteiger partial charge >= 0.3 is 5.69 Å². The third kappa shape index (κ3) is 3.24. The van der Waals surface area contributed by atoms with Crippen LogP contribution in [0.15, 0.2) is 34.0 Å². The normalized spacial score (nSPS) is 15.7. The number of nitrogens with zero attached hydrogens (tertiary/aromatic N) is 3. The van der Waals surface area contributed by atoms with Crippen molar-refractivity contribution in [1.82, 2.24) is 9.13 Å². The molecular weight excluding hydrogens is 350 g/mol. The number of ether oxygens (including phenoxy) is 2. The summed E-state index contributed by atoms with van der Waals surface area (Å²) in [7, 11) is 0. The number of hydrogen-bond donors (Lipinski definition) is 0. The number of nitriles is 1. The van der Waals surface area contributed by atoms with Gasteiger partial charge in [0.25, 0.3) is 5.56 Å². The van der Waals surface area contributed by atoms with Gasteiger partial charge in [-0.25, -0.2) is 4.79 Å². The Morgan fingerprint density at radius 3 is 2.63 bits per heavy atom. The number of fused-ring (bicyclic) bond motifs is 1. The highest BCUT2D eigenvalue weighted by Gasteiger charge is 2.27. The van der Waals surface area contributed by atoms with Crippen molar-refractivity contribution >= 4 is 5.78 Å². The number of carbonyl (C=O) groups is 1. The van der Waals surface area contributed by atoms with E-state index in [1.165, 1.54) is 10.8 Å². The molecule has 2 heterocycles. The molecule has 0 radical (unpaired) electrons. The molecule has 0 bridgehead atoms. The molecule has 1 aliphatic heterocycles. The van der Waals surface area contributed by atoms with Gasteiger partial charge in [-0.3, -0.25) is 18.7 Å². The molecule has 0 spiro atoms. The smallest absolute Gasteiger partial charge is 0.331 e. The second-order valence-corrected chi connectivity index (χ2v) is 6.60. The van der Waals surface area contributed by atoms with E-state index >= 15 is 0 Å². The van der Waals surface area contributed by atoms with Crippen LogP contribution in [0.5, 0.6) is 11.5 Å². The van der Waals surface area contributed by atoms with Crippen molar-refractivity contribution in [3.63, 3.8) is 0 Å². The first-order valence-corrected chi connectivity index (χ1v) is 8.77. The van der Waals surface area contributed by atoms with Crippen LogP contribution in [0.4, 0.5) is 0 Å². The maximum atomic E-state index is 12.7. The summed E-state index contributed by atoms with van der Waals surface area (Å²) >= 11 is 0. The maximum Gasteiger partial charge on any atom is 0.331 e. The highest BCUT2D eigenvalue weighted by Crippen LogP contribution is 2.33. The zero-order valence-corrected chi connectivity index (χ0v) is 14.5. The van der Waals surface area contributed by atoms with E-state index in [1.807, 2.05) is 0 Å². The van der Waals surface area contributed by atoms with E-state index in [1.54, 1.807) is 24.3 Å². The minimum Gasteiger partial charge on any atom is -0.490 e.